The first-order valence-electron chi connectivity index (χ1n) is 2.40. The molecule has 0 rings (SSSR count). The zero-order valence-corrected chi connectivity index (χ0v) is 4.66. The summed E-state index contributed by atoms with van der Waals surface area (Å²) in [5.41, 5.74) is 0. The van der Waals surface area contributed by atoms with Gasteiger partial charge in [0.25, 0.3) is 0 Å². The summed E-state index contributed by atoms with van der Waals surface area (Å²) in [6, 6.07) is 0. The van der Waals surface area contributed by atoms with Crippen LogP contribution in [-0.2, 0) is 4.79 Å². The molecular weight excluding hydrogens is 108 g/mol. The monoisotopic (exact) mass is 117 g/mol. The molecule has 0 aliphatic rings. The van der Waals surface area contributed by atoms with Gasteiger partial charge in [0.2, 0.25) is 6.29 Å². The predicted molar refractivity (Wildman–Crippen MR) is 28.0 cm³/mol. The van der Waals surface area contributed by atoms with Gasteiger partial charge in [0, 0.05) is 6.42 Å². The lowest BCUT2D eigenvalue weighted by atomic mass is 10.2. The number of hydrogen-bond donors (Lipinski definition) is 2. The number of hydrogen-bond acceptors (Lipinski definition) is 3. The van der Waals surface area contributed by atoms with E-state index in [1.165, 1.54) is 13.2 Å². The van der Waals surface area contributed by atoms with Gasteiger partial charge < -0.3 is 10.2 Å². The van der Waals surface area contributed by atoms with Crippen LogP contribution in [-0.4, -0.2) is 28.7 Å². The Hall–Kier alpha value is -0.410. The Morgan fingerprint density at radius 3 is 2.25 bits per heavy atom. The SMILES string of the molecule is CC(O)CC(O)[C]=O. The van der Waals surface area contributed by atoms with E-state index < -0.39 is 12.2 Å². The lowest BCUT2D eigenvalue weighted by Gasteiger charge is -2.02. The second-order valence-electron chi connectivity index (χ2n) is 1.72. The van der Waals surface area contributed by atoms with E-state index in [-0.39, 0.29) is 6.42 Å². The molecule has 0 aromatic rings. The zero-order valence-electron chi connectivity index (χ0n) is 4.66. The molecule has 0 spiro atoms. The highest BCUT2D eigenvalue weighted by atomic mass is 16.3. The standard InChI is InChI=1S/C5H9O3/c1-4(7)2-5(8)3-6/h4-5,7-8H,2H2,1H3. The van der Waals surface area contributed by atoms with E-state index in [0.29, 0.717) is 0 Å². The van der Waals surface area contributed by atoms with Gasteiger partial charge in [0.15, 0.2) is 0 Å². The molecule has 3 heteroatoms. The smallest absolute Gasteiger partial charge is 0.229 e. The van der Waals surface area contributed by atoms with Gasteiger partial charge in [0.05, 0.1) is 6.10 Å². The highest BCUT2D eigenvalue weighted by Crippen LogP contribution is 1.92. The molecule has 2 unspecified atom stereocenters. The fourth-order valence-electron chi connectivity index (χ4n) is 0.371. The van der Waals surface area contributed by atoms with Crippen molar-refractivity contribution < 1.29 is 15.0 Å². The summed E-state index contributed by atoms with van der Waals surface area (Å²) >= 11 is 0. The van der Waals surface area contributed by atoms with E-state index in [1.807, 2.05) is 0 Å². The van der Waals surface area contributed by atoms with Crippen LogP contribution in [0.1, 0.15) is 13.3 Å². The highest BCUT2D eigenvalue weighted by molar-refractivity contribution is 5.56. The van der Waals surface area contributed by atoms with E-state index in [0.717, 1.165) is 0 Å². The van der Waals surface area contributed by atoms with Crippen molar-refractivity contribution in [3.8, 4) is 0 Å². The fourth-order valence-corrected chi connectivity index (χ4v) is 0.371. The highest BCUT2D eigenvalue weighted by Gasteiger charge is 2.05. The van der Waals surface area contributed by atoms with Crippen LogP contribution in [0, 0.1) is 0 Å². The van der Waals surface area contributed by atoms with Gasteiger partial charge in [-0.15, -0.1) is 0 Å². The van der Waals surface area contributed by atoms with Crippen molar-refractivity contribution in [1.29, 1.82) is 0 Å². The molecule has 2 atom stereocenters. The molecule has 0 aromatic carbocycles. The Balaban J connectivity index is 3.23. The van der Waals surface area contributed by atoms with Crippen molar-refractivity contribution in [1.82, 2.24) is 0 Å². The van der Waals surface area contributed by atoms with E-state index in [9.17, 15) is 4.79 Å². The van der Waals surface area contributed by atoms with Crippen molar-refractivity contribution in [2.75, 3.05) is 0 Å². The summed E-state index contributed by atoms with van der Waals surface area (Å²) < 4.78 is 0. The molecule has 47 valence electrons. The molecule has 0 aliphatic heterocycles. The van der Waals surface area contributed by atoms with Gasteiger partial charge in [-0.25, -0.2) is 0 Å². The summed E-state index contributed by atoms with van der Waals surface area (Å²) in [5.74, 6) is 0. The lowest BCUT2D eigenvalue weighted by molar-refractivity contribution is 0.123. The zero-order chi connectivity index (χ0) is 6.57. The molecule has 2 N–H and O–H groups in total. The summed E-state index contributed by atoms with van der Waals surface area (Å²) in [6.07, 6.45) is -0.348. The van der Waals surface area contributed by atoms with Crippen LogP contribution in [0.25, 0.3) is 0 Å². The predicted octanol–water partition coefficient (Wildman–Crippen LogP) is -0.772. The van der Waals surface area contributed by atoms with Crippen molar-refractivity contribution in [2.45, 2.75) is 25.6 Å². The first-order chi connectivity index (χ1) is 3.66. The minimum Gasteiger partial charge on any atom is -0.393 e. The summed E-state index contributed by atoms with van der Waals surface area (Å²) in [7, 11) is 0. The minimum absolute atomic E-state index is 0.0729. The third-order valence-corrected chi connectivity index (χ3v) is 0.700. The van der Waals surface area contributed by atoms with E-state index in [4.69, 9.17) is 10.2 Å². The molecule has 0 heterocycles. The molecule has 0 amide bonds. The van der Waals surface area contributed by atoms with Crippen molar-refractivity contribution in [3.05, 3.63) is 0 Å². The Labute approximate surface area is 47.9 Å². The second kappa shape index (κ2) is 3.57. The largest absolute Gasteiger partial charge is 0.393 e. The normalized spacial score (nSPS) is 17.4. The molecule has 3 nitrogen and oxygen atoms in total. The maximum absolute atomic E-state index is 9.55. The molecule has 1 radical (unpaired) electrons. The summed E-state index contributed by atoms with van der Waals surface area (Å²) in [6.45, 7) is 1.50. The first-order valence-corrected chi connectivity index (χ1v) is 2.40. The maximum Gasteiger partial charge on any atom is 0.229 e. The van der Waals surface area contributed by atoms with Crippen LogP contribution in [0.4, 0.5) is 0 Å². The average molecular weight is 117 g/mol. The molecule has 0 fully saturated rings. The van der Waals surface area contributed by atoms with Gasteiger partial charge in [-0.3, -0.25) is 4.79 Å². The van der Waals surface area contributed by atoms with Crippen molar-refractivity contribution in [3.63, 3.8) is 0 Å². The number of aliphatic hydroxyl groups is 2. The first kappa shape index (κ1) is 7.59. The molecule has 8 heavy (non-hydrogen) atoms. The average Bonchev–Trinajstić information content (AvgIpc) is 1.65. The minimum atomic E-state index is -1.13. The van der Waals surface area contributed by atoms with Gasteiger partial charge >= 0.3 is 0 Å². The lowest BCUT2D eigenvalue weighted by Crippen LogP contribution is -2.15. The number of carbonyl (C=O) groups excluding carboxylic acids is 1. The van der Waals surface area contributed by atoms with Crippen LogP contribution >= 0.6 is 0 Å². The van der Waals surface area contributed by atoms with Gasteiger partial charge in [-0.2, -0.15) is 0 Å². The summed E-state index contributed by atoms with van der Waals surface area (Å²) in [5, 5.41) is 17.0. The van der Waals surface area contributed by atoms with Crippen LogP contribution in [0.3, 0.4) is 0 Å². The quantitative estimate of drug-likeness (QED) is 0.510. The van der Waals surface area contributed by atoms with Crippen LogP contribution in [0.5, 0.6) is 0 Å². The van der Waals surface area contributed by atoms with E-state index in [1.54, 1.807) is 0 Å². The Morgan fingerprint density at radius 1 is 1.62 bits per heavy atom. The number of rotatable bonds is 3. The maximum atomic E-state index is 9.55. The fraction of sp³-hybridized carbons (Fsp3) is 0.800. The van der Waals surface area contributed by atoms with Gasteiger partial charge in [-0.1, -0.05) is 0 Å². The van der Waals surface area contributed by atoms with Crippen LogP contribution in [0.2, 0.25) is 0 Å². The molecule has 0 saturated carbocycles. The molecule has 0 bridgehead atoms. The van der Waals surface area contributed by atoms with Crippen LogP contribution in [0.15, 0.2) is 0 Å². The van der Waals surface area contributed by atoms with E-state index in [2.05, 4.69) is 0 Å². The molecular formula is C5H9O3. The van der Waals surface area contributed by atoms with Crippen molar-refractivity contribution >= 4 is 6.29 Å². The Bertz CT molecular complexity index is 70.1. The van der Waals surface area contributed by atoms with E-state index >= 15 is 0 Å². The second-order valence-corrected chi connectivity index (χ2v) is 1.72. The molecule has 0 aliphatic carbocycles. The van der Waals surface area contributed by atoms with Gasteiger partial charge in [-0.05, 0) is 6.92 Å². The summed E-state index contributed by atoms with van der Waals surface area (Å²) in [4.78, 5) is 9.55. The molecule has 0 aromatic heterocycles. The third-order valence-electron chi connectivity index (χ3n) is 0.700. The topological polar surface area (TPSA) is 57.5 Å². The van der Waals surface area contributed by atoms with Gasteiger partial charge in [0.1, 0.15) is 6.10 Å². The third kappa shape index (κ3) is 3.77. The van der Waals surface area contributed by atoms with Crippen LogP contribution < -0.4 is 0 Å². The van der Waals surface area contributed by atoms with Crippen molar-refractivity contribution in [2.24, 2.45) is 0 Å². The Morgan fingerprint density at radius 2 is 2.12 bits per heavy atom. The number of aliphatic hydroxyl groups excluding tert-OH is 2. The Kier molecular flexibility index (Phi) is 3.39. The molecule has 0 saturated heterocycles.